The van der Waals surface area contributed by atoms with Crippen molar-refractivity contribution < 1.29 is 18.6 Å². The molecule has 1 radical (unpaired) electrons. The Labute approximate surface area is 113 Å². The standard InChI is InChI=1S/C5H5.C4H9.3ClH.V/c1-2-4-5-3-1;1-3-4-2;;;;/h1-3H,4H2;1,3-4H2,2H3;3*1H;/q2*-1;;;;+2. The number of rotatable bonds is 1. The van der Waals surface area contributed by atoms with Crippen LogP contribution in [0.4, 0.5) is 0 Å². The molecule has 4 heteroatoms. The van der Waals surface area contributed by atoms with Crippen molar-refractivity contribution in [2.24, 2.45) is 0 Å². The second-order valence-corrected chi connectivity index (χ2v) is 1.86. The second kappa shape index (κ2) is 29.3. The minimum atomic E-state index is 0. The fourth-order valence-electron chi connectivity index (χ4n) is 0.340. The summed E-state index contributed by atoms with van der Waals surface area (Å²) >= 11 is 0. The first-order chi connectivity index (χ1) is 4.41. The van der Waals surface area contributed by atoms with Crippen LogP contribution < -0.4 is 0 Å². The van der Waals surface area contributed by atoms with Crippen LogP contribution in [0.3, 0.4) is 0 Å². The Morgan fingerprint density at radius 3 is 1.85 bits per heavy atom. The van der Waals surface area contributed by atoms with Gasteiger partial charge in [-0.3, -0.25) is 6.08 Å². The molecule has 0 heterocycles. The van der Waals surface area contributed by atoms with Gasteiger partial charge in [-0.05, 0) is 0 Å². The molecule has 0 N–H and O–H groups in total. The summed E-state index contributed by atoms with van der Waals surface area (Å²) in [6, 6.07) is 0. The summed E-state index contributed by atoms with van der Waals surface area (Å²) in [6.07, 6.45) is 12.3. The molecule has 0 aromatic heterocycles. The van der Waals surface area contributed by atoms with E-state index in [1.807, 2.05) is 12.2 Å². The van der Waals surface area contributed by atoms with Crippen LogP contribution in [0, 0.1) is 13.0 Å². The van der Waals surface area contributed by atoms with E-state index >= 15 is 0 Å². The molecule has 0 spiro atoms. The van der Waals surface area contributed by atoms with Crippen LogP contribution in [0.1, 0.15) is 26.2 Å². The molecule has 0 aliphatic heterocycles. The average molecular weight is 283 g/mol. The smallest absolute Gasteiger partial charge is 0.343 e. The van der Waals surface area contributed by atoms with Crippen LogP contribution in [0.5, 0.6) is 0 Å². The molecule has 13 heavy (non-hydrogen) atoms. The summed E-state index contributed by atoms with van der Waals surface area (Å²) in [6.45, 7) is 5.72. The van der Waals surface area contributed by atoms with Crippen LogP contribution >= 0.6 is 37.2 Å². The Bertz CT molecular complexity index is 91.0. The predicted molar refractivity (Wildman–Crippen MR) is 63.6 cm³/mol. The van der Waals surface area contributed by atoms with Crippen molar-refractivity contribution in [2.45, 2.75) is 26.2 Å². The number of hydrogen-bond donors (Lipinski definition) is 0. The fraction of sp³-hybridized carbons (Fsp3) is 0.444. The quantitative estimate of drug-likeness (QED) is 0.633. The van der Waals surface area contributed by atoms with E-state index in [4.69, 9.17) is 0 Å². The SMILES string of the molecule is Cl.Cl.Cl.[C-]1=CC=CC1.[CH2-]CCC.[V+2]. The predicted octanol–water partition coefficient (Wildman–Crippen LogP) is 4.19. The normalized spacial score (nSPS) is 9.08. The van der Waals surface area contributed by atoms with Gasteiger partial charge < -0.3 is 6.92 Å². The molecule has 79 valence electrons. The monoisotopic (exact) mass is 281 g/mol. The first kappa shape index (κ1) is 29.2. The van der Waals surface area contributed by atoms with E-state index < -0.39 is 0 Å². The largest absolute Gasteiger partial charge is 2.00 e. The van der Waals surface area contributed by atoms with Crippen LogP contribution in [0.25, 0.3) is 0 Å². The third-order valence-corrected chi connectivity index (χ3v) is 0.939. The first-order valence-electron chi connectivity index (χ1n) is 3.42. The van der Waals surface area contributed by atoms with Gasteiger partial charge in [0.2, 0.25) is 0 Å². The van der Waals surface area contributed by atoms with E-state index in [-0.39, 0.29) is 55.8 Å². The summed E-state index contributed by atoms with van der Waals surface area (Å²) < 4.78 is 0. The number of hydrogen-bond acceptors (Lipinski definition) is 0. The molecule has 0 bridgehead atoms. The number of halogens is 3. The Hall–Kier alpha value is 0.934. The molecule has 0 nitrogen and oxygen atoms in total. The number of unbranched alkanes of at least 4 members (excludes halogenated alkanes) is 1. The van der Waals surface area contributed by atoms with E-state index in [1.54, 1.807) is 0 Å². The summed E-state index contributed by atoms with van der Waals surface area (Å²) in [5.74, 6) is 0. The molecule has 0 fully saturated rings. The molecule has 0 amide bonds. The topological polar surface area (TPSA) is 0 Å². The Kier molecular flexibility index (Phi) is 65.7. The van der Waals surface area contributed by atoms with Gasteiger partial charge in [0.05, 0.1) is 0 Å². The Morgan fingerprint density at radius 1 is 1.31 bits per heavy atom. The van der Waals surface area contributed by atoms with Gasteiger partial charge in [-0.25, -0.2) is 12.2 Å². The first-order valence-corrected chi connectivity index (χ1v) is 3.42. The van der Waals surface area contributed by atoms with Crippen molar-refractivity contribution >= 4 is 37.2 Å². The van der Waals surface area contributed by atoms with Crippen molar-refractivity contribution in [1.82, 2.24) is 0 Å². The summed E-state index contributed by atoms with van der Waals surface area (Å²) in [7, 11) is 0. The molecular formula is C9H17Cl3V. The summed E-state index contributed by atoms with van der Waals surface area (Å²) in [5, 5.41) is 0. The van der Waals surface area contributed by atoms with E-state index in [9.17, 15) is 0 Å². The fourth-order valence-corrected chi connectivity index (χ4v) is 0.340. The maximum absolute atomic E-state index is 3.60. The van der Waals surface area contributed by atoms with Crippen molar-refractivity contribution in [3.8, 4) is 0 Å². The zero-order valence-electron chi connectivity index (χ0n) is 7.73. The van der Waals surface area contributed by atoms with Gasteiger partial charge in [0.15, 0.2) is 0 Å². The third-order valence-electron chi connectivity index (χ3n) is 0.939. The van der Waals surface area contributed by atoms with Gasteiger partial charge in [-0.1, -0.05) is 13.3 Å². The van der Waals surface area contributed by atoms with Crippen molar-refractivity contribution in [1.29, 1.82) is 0 Å². The molecule has 0 aromatic carbocycles. The maximum Gasteiger partial charge on any atom is 2.00 e. The third kappa shape index (κ3) is 32.2. The molecule has 1 rings (SSSR count). The van der Waals surface area contributed by atoms with Gasteiger partial charge >= 0.3 is 18.6 Å². The average Bonchev–Trinajstić information content (AvgIpc) is 2.43. The molecule has 0 atom stereocenters. The van der Waals surface area contributed by atoms with Gasteiger partial charge in [0.1, 0.15) is 0 Å². The Morgan fingerprint density at radius 2 is 1.77 bits per heavy atom. The molecule has 1 aliphatic carbocycles. The number of allylic oxidation sites excluding steroid dienone is 4. The summed E-state index contributed by atoms with van der Waals surface area (Å²) in [5.41, 5.74) is 0. The van der Waals surface area contributed by atoms with Gasteiger partial charge in [-0.15, -0.1) is 43.6 Å². The van der Waals surface area contributed by atoms with E-state index in [0.717, 1.165) is 12.8 Å². The van der Waals surface area contributed by atoms with Gasteiger partial charge in [-0.2, -0.15) is 12.5 Å². The Balaban J connectivity index is -0.0000000256. The molecule has 0 unspecified atom stereocenters. The van der Waals surface area contributed by atoms with Crippen LogP contribution in [-0.4, -0.2) is 0 Å². The van der Waals surface area contributed by atoms with Crippen LogP contribution in [0.15, 0.2) is 18.2 Å². The van der Waals surface area contributed by atoms with Crippen molar-refractivity contribution in [2.75, 3.05) is 0 Å². The molecule has 1 aliphatic rings. The van der Waals surface area contributed by atoms with E-state index in [2.05, 4.69) is 26.0 Å². The van der Waals surface area contributed by atoms with Crippen molar-refractivity contribution in [3.63, 3.8) is 0 Å². The van der Waals surface area contributed by atoms with E-state index in [1.165, 1.54) is 6.42 Å². The summed E-state index contributed by atoms with van der Waals surface area (Å²) in [4.78, 5) is 0. The van der Waals surface area contributed by atoms with Gasteiger partial charge in [0, 0.05) is 0 Å². The van der Waals surface area contributed by atoms with Crippen LogP contribution in [0.2, 0.25) is 0 Å². The molecular weight excluding hydrogens is 265 g/mol. The molecule has 0 aromatic rings. The second-order valence-electron chi connectivity index (χ2n) is 1.86. The van der Waals surface area contributed by atoms with E-state index in [0.29, 0.717) is 0 Å². The minimum Gasteiger partial charge on any atom is -0.343 e. The molecule has 0 saturated carbocycles. The van der Waals surface area contributed by atoms with Crippen molar-refractivity contribution in [3.05, 3.63) is 31.2 Å². The maximum atomic E-state index is 3.60. The zero-order valence-corrected chi connectivity index (χ0v) is 11.6. The van der Waals surface area contributed by atoms with Gasteiger partial charge in [0.25, 0.3) is 0 Å². The zero-order chi connectivity index (χ0) is 6.95. The van der Waals surface area contributed by atoms with Crippen LogP contribution in [-0.2, 0) is 18.6 Å². The molecule has 0 saturated heterocycles. The minimum absolute atomic E-state index is 0.